The fourth-order valence-corrected chi connectivity index (χ4v) is 2.15. The third-order valence-electron chi connectivity index (χ3n) is 2.93. The number of nitrogens with zero attached hydrogens (tertiary/aromatic N) is 2. The van der Waals surface area contributed by atoms with Crippen LogP contribution in [0.4, 0.5) is 0 Å². The molecule has 0 aliphatic carbocycles. The number of methoxy groups -OCH3 is 1. The van der Waals surface area contributed by atoms with E-state index in [-0.39, 0.29) is 0 Å². The van der Waals surface area contributed by atoms with Crippen LogP contribution in [0, 0.1) is 0 Å². The van der Waals surface area contributed by atoms with Crippen LogP contribution in [0.15, 0.2) is 16.4 Å². The van der Waals surface area contributed by atoms with E-state index in [0.717, 1.165) is 30.4 Å². The van der Waals surface area contributed by atoms with Gasteiger partial charge in [0.25, 0.3) is 0 Å². The smallest absolute Gasteiger partial charge is 0.148 e. The summed E-state index contributed by atoms with van der Waals surface area (Å²) in [6.45, 7) is 4.17. The van der Waals surface area contributed by atoms with Crippen molar-refractivity contribution in [2.24, 2.45) is 4.99 Å². The van der Waals surface area contributed by atoms with Crippen molar-refractivity contribution in [2.75, 3.05) is 27.2 Å². The quantitative estimate of drug-likeness (QED) is 0.621. The number of allylic oxidation sites excluding steroid dienone is 1. The number of ether oxygens (including phenoxy) is 1. The Labute approximate surface area is 84.6 Å². The Morgan fingerprint density at radius 2 is 2.43 bits per heavy atom. The largest absolute Gasteiger partial charge is 0.499 e. The molecule has 14 heavy (non-hydrogen) atoms. The number of piperazine rings is 1. The Bertz CT molecular complexity index is 296. The van der Waals surface area contributed by atoms with E-state index in [2.05, 4.69) is 15.2 Å². The molecular formula is C10H17N3O. The molecule has 78 valence electrons. The lowest BCUT2D eigenvalue weighted by Gasteiger charge is -2.30. The third kappa shape index (κ3) is 1.35. The lowest BCUT2D eigenvalue weighted by molar-refractivity contribution is 0.270. The first-order valence-corrected chi connectivity index (χ1v) is 4.99. The topological polar surface area (TPSA) is 36.9 Å². The van der Waals surface area contributed by atoms with Crippen LogP contribution in [-0.2, 0) is 4.74 Å². The first kappa shape index (κ1) is 9.37. The molecule has 1 atom stereocenters. The summed E-state index contributed by atoms with van der Waals surface area (Å²) in [7, 11) is 3.52. The van der Waals surface area contributed by atoms with Crippen molar-refractivity contribution in [2.45, 2.75) is 19.4 Å². The van der Waals surface area contributed by atoms with Crippen molar-refractivity contribution in [3.63, 3.8) is 0 Å². The molecule has 0 saturated carbocycles. The van der Waals surface area contributed by atoms with Crippen LogP contribution in [-0.4, -0.2) is 44.0 Å². The zero-order valence-electron chi connectivity index (χ0n) is 9.00. The van der Waals surface area contributed by atoms with Crippen LogP contribution in [0.3, 0.4) is 0 Å². The van der Waals surface area contributed by atoms with Gasteiger partial charge in [0.1, 0.15) is 17.3 Å². The van der Waals surface area contributed by atoms with Gasteiger partial charge in [-0.15, -0.1) is 0 Å². The fourth-order valence-electron chi connectivity index (χ4n) is 2.15. The molecule has 0 radical (unpaired) electrons. The predicted octanol–water partition coefficient (Wildman–Crippen LogP) is 0.570. The molecular weight excluding hydrogens is 178 g/mol. The first-order chi connectivity index (χ1) is 6.76. The molecule has 2 saturated heterocycles. The lowest BCUT2D eigenvalue weighted by atomic mass is 10.2. The number of fused-ring (bicyclic) bond motifs is 2. The molecule has 0 aromatic carbocycles. The maximum absolute atomic E-state index is 5.29. The van der Waals surface area contributed by atoms with E-state index in [1.165, 1.54) is 6.42 Å². The summed E-state index contributed by atoms with van der Waals surface area (Å²) in [6, 6.07) is 0.571. The summed E-state index contributed by atoms with van der Waals surface area (Å²) >= 11 is 0. The molecule has 4 nitrogen and oxygen atoms in total. The SMILES string of the molecule is CN=C1NC2CCN(C2)/C1=C(/C)OC. The van der Waals surface area contributed by atoms with Crippen LogP contribution in [0.25, 0.3) is 0 Å². The maximum atomic E-state index is 5.29. The van der Waals surface area contributed by atoms with E-state index in [1.54, 1.807) is 7.11 Å². The Morgan fingerprint density at radius 1 is 1.64 bits per heavy atom. The summed E-state index contributed by atoms with van der Waals surface area (Å²) in [5, 5.41) is 3.43. The monoisotopic (exact) mass is 195 g/mol. The summed E-state index contributed by atoms with van der Waals surface area (Å²) < 4.78 is 5.29. The van der Waals surface area contributed by atoms with Crippen molar-refractivity contribution in [1.82, 2.24) is 10.2 Å². The van der Waals surface area contributed by atoms with Gasteiger partial charge in [-0.1, -0.05) is 0 Å². The second-order valence-corrected chi connectivity index (χ2v) is 3.76. The molecule has 2 aliphatic heterocycles. The molecule has 0 spiro atoms. The Hall–Kier alpha value is -1.19. The van der Waals surface area contributed by atoms with E-state index < -0.39 is 0 Å². The maximum Gasteiger partial charge on any atom is 0.148 e. The Morgan fingerprint density at radius 3 is 3.07 bits per heavy atom. The van der Waals surface area contributed by atoms with Gasteiger partial charge in [-0.05, 0) is 13.3 Å². The minimum atomic E-state index is 0.571. The van der Waals surface area contributed by atoms with Crippen molar-refractivity contribution in [3.8, 4) is 0 Å². The average Bonchev–Trinajstić information content (AvgIpc) is 2.59. The van der Waals surface area contributed by atoms with Gasteiger partial charge in [-0.2, -0.15) is 0 Å². The number of hydrogen-bond donors (Lipinski definition) is 1. The first-order valence-electron chi connectivity index (χ1n) is 4.99. The van der Waals surface area contributed by atoms with Crippen LogP contribution < -0.4 is 5.32 Å². The van der Waals surface area contributed by atoms with E-state index in [0.29, 0.717) is 6.04 Å². The molecule has 0 aromatic heterocycles. The van der Waals surface area contributed by atoms with Gasteiger partial charge in [0, 0.05) is 26.2 Å². The van der Waals surface area contributed by atoms with E-state index in [9.17, 15) is 0 Å². The number of amidine groups is 1. The predicted molar refractivity (Wildman–Crippen MR) is 56.2 cm³/mol. The molecule has 4 heteroatoms. The van der Waals surface area contributed by atoms with Crippen LogP contribution in [0.5, 0.6) is 0 Å². The molecule has 2 heterocycles. The lowest BCUT2D eigenvalue weighted by Crippen LogP contribution is -2.46. The van der Waals surface area contributed by atoms with Gasteiger partial charge < -0.3 is 15.0 Å². The van der Waals surface area contributed by atoms with Gasteiger partial charge in [-0.3, -0.25) is 4.99 Å². The van der Waals surface area contributed by atoms with Crippen LogP contribution in [0.2, 0.25) is 0 Å². The normalized spacial score (nSPS) is 31.8. The van der Waals surface area contributed by atoms with Gasteiger partial charge in [0.05, 0.1) is 7.11 Å². The number of rotatable bonds is 1. The number of aliphatic imine (C=N–C) groups is 1. The zero-order valence-corrected chi connectivity index (χ0v) is 9.00. The molecule has 1 unspecified atom stereocenters. The van der Waals surface area contributed by atoms with Crippen molar-refractivity contribution < 1.29 is 4.74 Å². The number of hydrogen-bond acceptors (Lipinski definition) is 3. The molecule has 0 aromatic rings. The second-order valence-electron chi connectivity index (χ2n) is 3.76. The third-order valence-corrected chi connectivity index (χ3v) is 2.93. The zero-order chi connectivity index (χ0) is 10.1. The van der Waals surface area contributed by atoms with Gasteiger partial charge in [0.15, 0.2) is 0 Å². The van der Waals surface area contributed by atoms with Crippen LogP contribution in [0.1, 0.15) is 13.3 Å². The minimum Gasteiger partial charge on any atom is -0.499 e. The highest BCUT2D eigenvalue weighted by molar-refractivity contribution is 5.99. The molecule has 0 amide bonds. The summed E-state index contributed by atoms with van der Waals surface area (Å²) in [4.78, 5) is 6.61. The van der Waals surface area contributed by atoms with Crippen LogP contribution >= 0.6 is 0 Å². The van der Waals surface area contributed by atoms with Gasteiger partial charge in [0.2, 0.25) is 0 Å². The van der Waals surface area contributed by atoms with E-state index >= 15 is 0 Å². The Kier molecular flexibility index (Phi) is 2.35. The molecule has 2 bridgehead atoms. The fraction of sp³-hybridized carbons (Fsp3) is 0.700. The van der Waals surface area contributed by atoms with Crippen molar-refractivity contribution in [1.29, 1.82) is 0 Å². The Balaban J connectivity index is 2.36. The standard InChI is InChI=1S/C10H17N3O/c1-7(14-3)9-10(11-2)12-8-4-5-13(9)6-8/h8H,4-6H2,1-3H3,(H,11,12)/b9-7-. The highest BCUT2D eigenvalue weighted by Crippen LogP contribution is 2.24. The average molecular weight is 195 g/mol. The van der Waals surface area contributed by atoms with Gasteiger partial charge >= 0.3 is 0 Å². The van der Waals surface area contributed by atoms with Crippen molar-refractivity contribution >= 4 is 5.84 Å². The van der Waals surface area contributed by atoms with E-state index in [1.807, 2.05) is 14.0 Å². The summed E-state index contributed by atoms with van der Waals surface area (Å²) in [5.74, 6) is 1.91. The van der Waals surface area contributed by atoms with E-state index in [4.69, 9.17) is 4.74 Å². The molecule has 2 rings (SSSR count). The second kappa shape index (κ2) is 3.52. The number of nitrogens with one attached hydrogen (secondary N) is 1. The van der Waals surface area contributed by atoms with Gasteiger partial charge in [-0.25, -0.2) is 0 Å². The molecule has 2 fully saturated rings. The highest BCUT2D eigenvalue weighted by Gasteiger charge is 2.34. The minimum absolute atomic E-state index is 0.571. The molecule has 2 aliphatic rings. The highest BCUT2D eigenvalue weighted by atomic mass is 16.5. The summed E-state index contributed by atoms with van der Waals surface area (Å²) in [5.41, 5.74) is 1.13. The molecule has 1 N–H and O–H groups in total. The van der Waals surface area contributed by atoms with Crippen molar-refractivity contribution in [3.05, 3.63) is 11.5 Å². The summed E-state index contributed by atoms with van der Waals surface area (Å²) in [6.07, 6.45) is 1.19.